The molecule has 5 saturated carbocycles. The van der Waals surface area contributed by atoms with Crippen molar-refractivity contribution in [3.63, 3.8) is 0 Å². The van der Waals surface area contributed by atoms with Gasteiger partial charge in [-0.05, 0) is 110 Å². The third-order valence-corrected chi connectivity index (χ3v) is 16.7. The molecule has 52 heavy (non-hydrogen) atoms. The number of aliphatic hydroxyl groups excluding tert-OH is 1. The predicted molar refractivity (Wildman–Crippen MR) is 184 cm³/mol. The number of fused-ring (bicyclic) bond motifs is 4. The van der Waals surface area contributed by atoms with Crippen LogP contribution in [0.5, 0.6) is 0 Å². The summed E-state index contributed by atoms with van der Waals surface area (Å²) in [7, 11) is -5.49. The van der Waals surface area contributed by atoms with E-state index in [1.54, 1.807) is 4.90 Å². The zero-order valence-corrected chi connectivity index (χ0v) is 32.2. The number of aliphatic hydroxyl groups is 1. The quantitative estimate of drug-likeness (QED) is 0.263. The van der Waals surface area contributed by atoms with E-state index in [1.165, 1.54) is 4.72 Å². The lowest BCUT2D eigenvalue weighted by atomic mass is 9.46. The Hall–Kier alpha value is -1.84. The minimum atomic E-state index is -5.49. The van der Waals surface area contributed by atoms with Gasteiger partial charge in [0.1, 0.15) is 12.2 Å². The minimum absolute atomic E-state index is 0.0646. The average molecular weight is 762 g/mol. The lowest BCUT2D eigenvalue weighted by molar-refractivity contribution is -0.180. The number of halogens is 3. The zero-order chi connectivity index (χ0) is 37.8. The van der Waals surface area contributed by atoms with Crippen LogP contribution in [0.4, 0.5) is 22.8 Å². The topological polar surface area (TPSA) is 144 Å². The van der Waals surface area contributed by atoms with E-state index < -0.39 is 40.4 Å². The number of likely N-dealkylation sites (tertiary alicyclic amines) is 1. The number of carbonyl (C=O) groups excluding carboxylic acids is 2. The first-order chi connectivity index (χ1) is 24.2. The number of alkyl halides is 3. The summed E-state index contributed by atoms with van der Waals surface area (Å²) in [4.78, 5) is 27.4. The fourth-order valence-electron chi connectivity index (χ4n) is 13.2. The molecule has 7 fully saturated rings. The molecule has 5 aliphatic carbocycles. The van der Waals surface area contributed by atoms with Gasteiger partial charge >= 0.3 is 27.7 Å². The van der Waals surface area contributed by atoms with Gasteiger partial charge in [0.25, 0.3) is 0 Å². The van der Waals surface area contributed by atoms with E-state index in [0.717, 1.165) is 64.5 Å². The molecule has 296 valence electrons. The van der Waals surface area contributed by atoms with Crippen molar-refractivity contribution in [2.45, 2.75) is 135 Å². The van der Waals surface area contributed by atoms with E-state index in [2.05, 4.69) is 46.9 Å². The highest BCUT2D eigenvalue weighted by Gasteiger charge is 2.82. The molecule has 0 aromatic rings. The third-order valence-electron chi connectivity index (χ3n) is 15.5. The van der Waals surface area contributed by atoms with Crippen LogP contribution in [0.15, 0.2) is 0 Å². The number of nitrogens with one attached hydrogen (secondary N) is 2. The summed E-state index contributed by atoms with van der Waals surface area (Å²) >= 11 is 0. The standard InChI is InChI=1S/C37H58F3N3O8S/c1-20(2)29(51-32(46)43-16-7-17-43)23-18-21(3)26-30(49-23)28(44)27-22-8-9-24-33(4,5)25(10-11-36(24)19-35(22,36)13-12-34(26,27)6)50-31(45)41-14-15-42-52(47,48)37(38,39)40/h20-30,42,44H,7-19H2,1-6H3,(H,41,45). The SMILES string of the molecule is CC(C)C(OC(=O)N1CCC1)C1CC(C)C2C(O1)C(O)C1C3CCC4C(C)(C)C(OC(=O)NCCNS(=O)(=O)C(F)(F)F)CCC45CC35CCC21C. The highest BCUT2D eigenvalue weighted by molar-refractivity contribution is 7.90. The Balaban J connectivity index is 1.02. The van der Waals surface area contributed by atoms with Crippen LogP contribution in [0, 0.1) is 57.2 Å². The van der Waals surface area contributed by atoms with E-state index in [1.807, 2.05) is 0 Å². The molecule has 2 aliphatic heterocycles. The Morgan fingerprint density at radius 3 is 2.37 bits per heavy atom. The van der Waals surface area contributed by atoms with Crippen molar-refractivity contribution in [1.82, 2.24) is 14.9 Å². The number of hydrogen-bond acceptors (Lipinski definition) is 8. The molecular weight excluding hydrogens is 703 g/mol. The maximum Gasteiger partial charge on any atom is 0.511 e. The van der Waals surface area contributed by atoms with Crippen molar-refractivity contribution in [1.29, 1.82) is 0 Å². The number of rotatable bonds is 8. The Kier molecular flexibility index (Phi) is 9.51. The fraction of sp³-hybridized carbons (Fsp3) is 0.946. The number of sulfonamides is 1. The van der Waals surface area contributed by atoms with E-state index in [-0.39, 0.29) is 70.4 Å². The molecule has 0 aromatic carbocycles. The minimum Gasteiger partial charge on any atom is -0.446 e. The average Bonchev–Trinajstić information content (AvgIpc) is 3.62. The molecule has 2 amide bonds. The van der Waals surface area contributed by atoms with Crippen molar-refractivity contribution in [2.24, 2.45) is 57.2 Å². The lowest BCUT2D eigenvalue weighted by Crippen LogP contribution is -2.56. The molecule has 0 bridgehead atoms. The second-order valence-electron chi connectivity index (χ2n) is 18.6. The van der Waals surface area contributed by atoms with Crippen LogP contribution in [-0.2, 0) is 24.2 Å². The molecule has 2 spiro atoms. The van der Waals surface area contributed by atoms with Crippen molar-refractivity contribution in [3.05, 3.63) is 0 Å². The smallest absolute Gasteiger partial charge is 0.446 e. The molecule has 0 aromatic heterocycles. The first-order valence-electron chi connectivity index (χ1n) is 19.5. The van der Waals surface area contributed by atoms with E-state index >= 15 is 0 Å². The summed E-state index contributed by atoms with van der Waals surface area (Å²) in [5.41, 5.74) is -5.62. The van der Waals surface area contributed by atoms with Gasteiger partial charge in [0.15, 0.2) is 0 Å². The van der Waals surface area contributed by atoms with Gasteiger partial charge in [-0.15, -0.1) is 0 Å². The van der Waals surface area contributed by atoms with Gasteiger partial charge < -0.3 is 29.5 Å². The summed E-state index contributed by atoms with van der Waals surface area (Å²) in [6.45, 7) is 13.6. The summed E-state index contributed by atoms with van der Waals surface area (Å²) in [5.74, 6) is 1.37. The van der Waals surface area contributed by atoms with Gasteiger partial charge in [-0.1, -0.05) is 41.5 Å². The van der Waals surface area contributed by atoms with Crippen LogP contribution in [0.2, 0.25) is 0 Å². The molecule has 13 unspecified atom stereocenters. The largest absolute Gasteiger partial charge is 0.511 e. The normalized spacial score (nSPS) is 43.8. The second-order valence-corrected chi connectivity index (χ2v) is 20.3. The Labute approximate surface area is 305 Å². The summed E-state index contributed by atoms with van der Waals surface area (Å²) in [5, 5.41) is 14.7. The van der Waals surface area contributed by atoms with Gasteiger partial charge in [0.05, 0.1) is 18.3 Å². The monoisotopic (exact) mass is 761 g/mol. The van der Waals surface area contributed by atoms with E-state index in [9.17, 15) is 36.3 Å². The van der Waals surface area contributed by atoms with Gasteiger partial charge in [-0.3, -0.25) is 0 Å². The van der Waals surface area contributed by atoms with Crippen LogP contribution in [-0.4, -0.2) is 92.8 Å². The van der Waals surface area contributed by atoms with Gasteiger partial charge in [0, 0.05) is 31.6 Å². The molecular formula is C37H58F3N3O8S. The summed E-state index contributed by atoms with van der Waals surface area (Å²) in [6.07, 6.45) is 5.52. The number of hydrogen-bond donors (Lipinski definition) is 3. The van der Waals surface area contributed by atoms with Gasteiger partial charge in [-0.2, -0.15) is 13.2 Å². The number of nitrogens with zero attached hydrogens (tertiary/aromatic N) is 1. The van der Waals surface area contributed by atoms with E-state index in [4.69, 9.17) is 14.2 Å². The molecule has 3 N–H and O–H groups in total. The molecule has 2 heterocycles. The molecule has 11 nitrogen and oxygen atoms in total. The molecule has 0 radical (unpaired) electrons. The van der Waals surface area contributed by atoms with Crippen LogP contribution in [0.25, 0.3) is 0 Å². The van der Waals surface area contributed by atoms with Gasteiger partial charge in [0.2, 0.25) is 0 Å². The van der Waals surface area contributed by atoms with Crippen LogP contribution in [0.1, 0.15) is 99.3 Å². The van der Waals surface area contributed by atoms with Crippen molar-refractivity contribution in [2.75, 3.05) is 26.2 Å². The van der Waals surface area contributed by atoms with Crippen molar-refractivity contribution in [3.8, 4) is 0 Å². The molecule has 7 aliphatic rings. The van der Waals surface area contributed by atoms with Crippen LogP contribution in [0.3, 0.4) is 0 Å². The third kappa shape index (κ3) is 5.78. The summed E-state index contributed by atoms with van der Waals surface area (Å²) in [6, 6.07) is 0. The number of ether oxygens (including phenoxy) is 3. The Morgan fingerprint density at radius 1 is 1.02 bits per heavy atom. The first-order valence-corrected chi connectivity index (χ1v) is 21.0. The predicted octanol–water partition coefficient (Wildman–Crippen LogP) is 5.81. The van der Waals surface area contributed by atoms with Gasteiger partial charge in [-0.25, -0.2) is 22.7 Å². The lowest BCUT2D eigenvalue weighted by Gasteiger charge is -2.59. The maximum atomic E-state index is 12.9. The number of alkyl carbamates (subject to hydrolysis) is 1. The molecule has 2 saturated heterocycles. The number of amides is 2. The second kappa shape index (κ2) is 12.9. The summed E-state index contributed by atoms with van der Waals surface area (Å²) < 4.78 is 80.6. The first kappa shape index (κ1) is 38.4. The Bertz CT molecular complexity index is 1530. The highest BCUT2D eigenvalue weighted by Crippen LogP contribution is 2.87. The zero-order valence-electron chi connectivity index (χ0n) is 31.3. The van der Waals surface area contributed by atoms with Crippen molar-refractivity contribution < 1.29 is 50.5 Å². The molecule has 13 atom stereocenters. The fourth-order valence-corrected chi connectivity index (χ4v) is 13.7. The maximum absolute atomic E-state index is 12.9. The number of carbonyl (C=O) groups is 2. The Morgan fingerprint density at radius 2 is 1.73 bits per heavy atom. The highest BCUT2D eigenvalue weighted by atomic mass is 32.2. The van der Waals surface area contributed by atoms with Crippen LogP contribution >= 0.6 is 0 Å². The van der Waals surface area contributed by atoms with Crippen LogP contribution < -0.4 is 10.0 Å². The van der Waals surface area contributed by atoms with E-state index in [0.29, 0.717) is 24.2 Å². The molecule has 7 rings (SSSR count). The molecule has 15 heteroatoms. The van der Waals surface area contributed by atoms with Crippen molar-refractivity contribution >= 4 is 22.2 Å².